The Hall–Kier alpha value is -4.27. The highest BCUT2D eigenvalue weighted by atomic mass is 35.5. The number of piperazine rings is 1. The fourth-order valence-corrected chi connectivity index (χ4v) is 6.22. The van der Waals surface area contributed by atoms with Crippen LogP contribution in [0.15, 0.2) is 91.0 Å². The summed E-state index contributed by atoms with van der Waals surface area (Å²) >= 11 is 6.24. The number of rotatable bonds is 6. The predicted octanol–water partition coefficient (Wildman–Crippen LogP) is 6.16. The number of amides is 2. The molecule has 1 N–H and O–H groups in total. The number of likely N-dealkylation sites (tertiary alicyclic amines) is 1. The molecule has 2 aliphatic heterocycles. The lowest BCUT2D eigenvalue weighted by Gasteiger charge is -2.46. The molecule has 2 heterocycles. The van der Waals surface area contributed by atoms with Crippen LogP contribution >= 0.6 is 11.6 Å². The van der Waals surface area contributed by atoms with Crippen molar-refractivity contribution in [3.63, 3.8) is 0 Å². The molecular formula is C34H35ClN4O4. The maximum Gasteiger partial charge on any atom is 0.338 e. The highest BCUT2D eigenvalue weighted by Gasteiger charge is 2.39. The van der Waals surface area contributed by atoms with Crippen LogP contribution in [-0.4, -0.2) is 80.3 Å². The Kier molecular flexibility index (Phi) is 8.67. The molecule has 222 valence electrons. The maximum atomic E-state index is 13.5. The molecular weight excluding hydrogens is 564 g/mol. The number of piperidine rings is 1. The molecule has 43 heavy (non-hydrogen) atoms. The van der Waals surface area contributed by atoms with Gasteiger partial charge in [0.05, 0.1) is 25.3 Å². The lowest BCUT2D eigenvalue weighted by atomic mass is 9.98. The van der Waals surface area contributed by atoms with Gasteiger partial charge in [0.15, 0.2) is 0 Å². The molecule has 0 spiro atoms. The van der Waals surface area contributed by atoms with Gasteiger partial charge in [0.1, 0.15) is 11.9 Å². The SMILES string of the molecule is COc1cccc(NC(=O)N2CC[C@@H](N3CCN(c4cccc(Cl)c4)CC3)[C@H](OC(=O)c3ccc4ccccc4c3)C2)c1. The predicted molar refractivity (Wildman–Crippen MR) is 170 cm³/mol. The molecule has 9 heteroatoms. The summed E-state index contributed by atoms with van der Waals surface area (Å²) in [6.45, 7) is 4.16. The van der Waals surface area contributed by atoms with E-state index in [1.54, 1.807) is 24.1 Å². The van der Waals surface area contributed by atoms with E-state index < -0.39 is 6.10 Å². The largest absolute Gasteiger partial charge is 0.497 e. The standard InChI is InChI=1S/C34H35ClN4O4/c1-42-30-11-5-9-28(22-30)36-34(41)39-15-14-31(38-18-16-37(17-19-38)29-10-4-8-27(35)21-29)32(23-39)43-33(40)26-13-12-24-6-2-3-7-25(24)20-26/h2-13,20-22,31-32H,14-19,23H2,1H3,(H,36,41)/t31-,32-/m1/s1. The fourth-order valence-electron chi connectivity index (χ4n) is 6.03. The molecule has 0 saturated carbocycles. The van der Waals surface area contributed by atoms with E-state index in [1.807, 2.05) is 72.8 Å². The van der Waals surface area contributed by atoms with Crippen molar-refractivity contribution >= 4 is 45.7 Å². The molecule has 0 unspecified atom stereocenters. The zero-order chi connectivity index (χ0) is 29.8. The molecule has 8 nitrogen and oxygen atoms in total. The van der Waals surface area contributed by atoms with Gasteiger partial charge in [-0.05, 0) is 59.7 Å². The normalized spacial score (nSPS) is 19.2. The van der Waals surface area contributed by atoms with Crippen molar-refractivity contribution in [1.82, 2.24) is 9.80 Å². The summed E-state index contributed by atoms with van der Waals surface area (Å²) in [4.78, 5) is 33.3. The first kappa shape index (κ1) is 28.8. The van der Waals surface area contributed by atoms with Crippen LogP contribution in [0, 0.1) is 0 Å². The van der Waals surface area contributed by atoms with Crippen molar-refractivity contribution in [2.45, 2.75) is 18.6 Å². The molecule has 4 aromatic rings. The first-order valence-corrected chi connectivity index (χ1v) is 15.0. The van der Waals surface area contributed by atoms with Crippen molar-refractivity contribution in [3.05, 3.63) is 102 Å². The highest BCUT2D eigenvalue weighted by Crippen LogP contribution is 2.27. The van der Waals surface area contributed by atoms with Crippen LogP contribution in [0.4, 0.5) is 16.2 Å². The molecule has 2 amide bonds. The van der Waals surface area contributed by atoms with Crippen LogP contribution in [0.25, 0.3) is 10.8 Å². The van der Waals surface area contributed by atoms with Gasteiger partial charge < -0.3 is 24.6 Å². The number of ether oxygens (including phenoxy) is 2. The molecule has 4 aromatic carbocycles. The number of halogens is 1. The number of esters is 1. The number of hydrogen-bond donors (Lipinski definition) is 1. The molecule has 2 saturated heterocycles. The van der Waals surface area contributed by atoms with E-state index in [9.17, 15) is 9.59 Å². The second kappa shape index (κ2) is 12.9. The van der Waals surface area contributed by atoms with E-state index in [4.69, 9.17) is 21.1 Å². The van der Waals surface area contributed by atoms with Crippen molar-refractivity contribution < 1.29 is 19.1 Å². The average Bonchev–Trinajstić information content (AvgIpc) is 3.04. The van der Waals surface area contributed by atoms with Gasteiger partial charge in [-0.2, -0.15) is 0 Å². The molecule has 0 aliphatic carbocycles. The number of nitrogens with one attached hydrogen (secondary N) is 1. The van der Waals surface area contributed by atoms with E-state index in [0.717, 1.165) is 47.7 Å². The number of carbonyl (C=O) groups is 2. The second-order valence-electron chi connectivity index (χ2n) is 11.0. The van der Waals surface area contributed by atoms with Crippen molar-refractivity contribution in [2.24, 2.45) is 0 Å². The molecule has 2 fully saturated rings. The smallest absolute Gasteiger partial charge is 0.338 e. The van der Waals surface area contributed by atoms with Gasteiger partial charge in [-0.1, -0.05) is 54.1 Å². The lowest BCUT2D eigenvalue weighted by molar-refractivity contribution is -0.0302. The number of fused-ring (bicyclic) bond motifs is 1. The van der Waals surface area contributed by atoms with E-state index >= 15 is 0 Å². The molecule has 6 rings (SSSR count). The molecule has 2 aliphatic rings. The summed E-state index contributed by atoms with van der Waals surface area (Å²) in [6.07, 6.45) is 0.208. The van der Waals surface area contributed by atoms with Gasteiger partial charge in [0.2, 0.25) is 0 Å². The Morgan fingerprint density at radius 2 is 1.63 bits per heavy atom. The minimum absolute atomic E-state index is 0.00760. The summed E-state index contributed by atoms with van der Waals surface area (Å²) in [5, 5.41) is 5.74. The number of hydrogen-bond acceptors (Lipinski definition) is 6. The molecule has 2 atom stereocenters. The maximum absolute atomic E-state index is 13.5. The van der Waals surface area contributed by atoms with Crippen molar-refractivity contribution in [1.29, 1.82) is 0 Å². The van der Waals surface area contributed by atoms with E-state index in [2.05, 4.69) is 21.2 Å². The Balaban J connectivity index is 1.18. The summed E-state index contributed by atoms with van der Waals surface area (Å²) in [7, 11) is 1.59. The number of nitrogens with zero attached hydrogens (tertiary/aromatic N) is 3. The molecule has 0 radical (unpaired) electrons. The quantitative estimate of drug-likeness (QED) is 0.268. The van der Waals surface area contributed by atoms with Gasteiger partial charge >= 0.3 is 12.0 Å². The number of urea groups is 1. The Morgan fingerprint density at radius 3 is 2.42 bits per heavy atom. The summed E-state index contributed by atoms with van der Waals surface area (Å²) < 4.78 is 11.5. The van der Waals surface area contributed by atoms with Crippen LogP contribution in [0.2, 0.25) is 5.02 Å². The number of anilines is 2. The third kappa shape index (κ3) is 6.71. The van der Waals surface area contributed by atoms with E-state index in [-0.39, 0.29) is 18.0 Å². The summed E-state index contributed by atoms with van der Waals surface area (Å²) in [6, 6.07) is 28.5. The average molecular weight is 599 g/mol. The topological polar surface area (TPSA) is 74.3 Å². The van der Waals surface area contributed by atoms with Gasteiger partial charge in [-0.15, -0.1) is 0 Å². The number of benzene rings is 4. The third-order valence-electron chi connectivity index (χ3n) is 8.33. The van der Waals surface area contributed by atoms with Crippen LogP contribution in [0.3, 0.4) is 0 Å². The van der Waals surface area contributed by atoms with Crippen molar-refractivity contribution in [2.75, 3.05) is 56.6 Å². The fraction of sp³-hybridized carbons (Fsp3) is 0.294. The number of methoxy groups -OCH3 is 1. The first-order valence-electron chi connectivity index (χ1n) is 14.6. The monoisotopic (exact) mass is 598 g/mol. The van der Waals surface area contributed by atoms with Gasteiger partial charge in [-0.25, -0.2) is 9.59 Å². The van der Waals surface area contributed by atoms with Crippen LogP contribution in [0.1, 0.15) is 16.8 Å². The van der Waals surface area contributed by atoms with Crippen molar-refractivity contribution in [3.8, 4) is 5.75 Å². The Labute approximate surface area is 256 Å². The Bertz CT molecular complexity index is 1610. The Morgan fingerprint density at radius 1 is 0.837 bits per heavy atom. The molecule has 0 bridgehead atoms. The van der Waals surface area contributed by atoms with E-state index in [1.165, 1.54) is 0 Å². The summed E-state index contributed by atoms with van der Waals surface area (Å²) in [5.74, 6) is 0.281. The zero-order valence-corrected chi connectivity index (χ0v) is 24.9. The summed E-state index contributed by atoms with van der Waals surface area (Å²) in [5.41, 5.74) is 2.25. The van der Waals surface area contributed by atoms with E-state index in [0.29, 0.717) is 36.5 Å². The second-order valence-corrected chi connectivity index (χ2v) is 11.4. The number of carbonyl (C=O) groups excluding carboxylic acids is 2. The van der Waals surface area contributed by atoms with Crippen LogP contribution < -0.4 is 15.0 Å². The lowest BCUT2D eigenvalue weighted by Crippen LogP contribution is -2.60. The van der Waals surface area contributed by atoms with Crippen LogP contribution in [0.5, 0.6) is 5.75 Å². The van der Waals surface area contributed by atoms with Crippen LogP contribution in [-0.2, 0) is 4.74 Å². The first-order chi connectivity index (χ1) is 21.0. The minimum atomic E-state index is -0.485. The minimum Gasteiger partial charge on any atom is -0.497 e. The zero-order valence-electron chi connectivity index (χ0n) is 24.1. The van der Waals surface area contributed by atoms with Gasteiger partial charge in [0.25, 0.3) is 0 Å². The van der Waals surface area contributed by atoms with Gasteiger partial charge in [-0.3, -0.25) is 4.90 Å². The highest BCUT2D eigenvalue weighted by molar-refractivity contribution is 6.30. The van der Waals surface area contributed by atoms with Gasteiger partial charge in [0, 0.05) is 55.2 Å². The third-order valence-corrected chi connectivity index (χ3v) is 8.57. The molecule has 0 aromatic heterocycles.